The lowest BCUT2D eigenvalue weighted by molar-refractivity contribution is -0.133. The second-order valence-corrected chi connectivity index (χ2v) is 9.37. The Morgan fingerprint density at radius 3 is 2.52 bits per heavy atom. The molecular weight excluding hydrogens is 441 g/mol. The van der Waals surface area contributed by atoms with Gasteiger partial charge in [-0.05, 0) is 18.6 Å². The number of hydrogen-bond donors (Lipinski definition) is 2. The Morgan fingerprint density at radius 1 is 1.16 bits per heavy atom. The predicted molar refractivity (Wildman–Crippen MR) is 104 cm³/mol. The average molecular weight is 460 g/mol. The van der Waals surface area contributed by atoms with Crippen LogP contribution in [0.1, 0.15) is 29.6 Å². The molecule has 1 saturated heterocycles. The van der Waals surface area contributed by atoms with E-state index in [4.69, 9.17) is 0 Å². The van der Waals surface area contributed by atoms with Gasteiger partial charge in [0.15, 0.2) is 9.84 Å². The Kier molecular flexibility index (Phi) is 6.34. The van der Waals surface area contributed by atoms with E-state index in [2.05, 4.69) is 10.4 Å². The second-order valence-electron chi connectivity index (χ2n) is 7.14. The van der Waals surface area contributed by atoms with Crippen molar-refractivity contribution >= 4 is 39.0 Å². The van der Waals surface area contributed by atoms with E-state index in [1.807, 2.05) is 0 Å². The van der Waals surface area contributed by atoms with Crippen LogP contribution in [-0.4, -0.2) is 67.1 Å². The number of halogens is 3. The molecule has 9 nitrogen and oxygen atoms in total. The molecule has 13 heteroatoms. The summed E-state index contributed by atoms with van der Waals surface area (Å²) in [5.41, 5.74) is -0.248. The number of sulfone groups is 1. The van der Waals surface area contributed by atoms with Crippen molar-refractivity contribution in [3.63, 3.8) is 0 Å². The lowest BCUT2D eigenvalue weighted by Gasteiger charge is -2.27. The van der Waals surface area contributed by atoms with Crippen molar-refractivity contribution in [1.29, 1.82) is 0 Å². The van der Waals surface area contributed by atoms with Gasteiger partial charge in [-0.2, -0.15) is 18.3 Å². The molecule has 3 amide bonds. The molecule has 3 rings (SSSR count). The highest BCUT2D eigenvalue weighted by molar-refractivity contribution is 7.91. The smallest absolute Gasteiger partial charge is 0.343 e. The van der Waals surface area contributed by atoms with Gasteiger partial charge < -0.3 is 10.6 Å². The number of nitrogens with zero attached hydrogens (tertiary/aromatic N) is 2. The van der Waals surface area contributed by atoms with E-state index < -0.39 is 46.3 Å². The fraction of sp³-hybridized carbons (Fsp3) is 0.444. The van der Waals surface area contributed by atoms with E-state index in [-0.39, 0.29) is 47.7 Å². The third kappa shape index (κ3) is 5.81. The molecule has 168 valence electrons. The summed E-state index contributed by atoms with van der Waals surface area (Å²) in [4.78, 5) is 36.9. The zero-order chi connectivity index (χ0) is 22.8. The van der Waals surface area contributed by atoms with Crippen molar-refractivity contribution in [3.8, 4) is 0 Å². The first kappa shape index (κ1) is 22.7. The van der Waals surface area contributed by atoms with Gasteiger partial charge in [-0.25, -0.2) is 13.4 Å². The summed E-state index contributed by atoms with van der Waals surface area (Å²) < 4.78 is 60.5. The van der Waals surface area contributed by atoms with Crippen molar-refractivity contribution in [3.05, 3.63) is 29.8 Å². The molecule has 2 N–H and O–H groups in total. The van der Waals surface area contributed by atoms with Gasteiger partial charge >= 0.3 is 6.18 Å². The lowest BCUT2D eigenvalue weighted by atomic mass is 10.1. The van der Waals surface area contributed by atoms with Gasteiger partial charge in [0.1, 0.15) is 12.3 Å². The summed E-state index contributed by atoms with van der Waals surface area (Å²) in [5, 5.41) is 9.21. The van der Waals surface area contributed by atoms with Crippen LogP contribution in [0.3, 0.4) is 0 Å². The SMILES string of the molecule is O=C(Nc1ccccc1C(=O)NCC(F)(F)F)C1=NN([C@H]2CCS(=O)(=O)C2)C(=O)CC1. The Hall–Kier alpha value is -2.96. The summed E-state index contributed by atoms with van der Waals surface area (Å²) in [6, 6.07) is 4.86. The van der Waals surface area contributed by atoms with Crippen molar-refractivity contribution in [2.75, 3.05) is 23.4 Å². The van der Waals surface area contributed by atoms with Crippen molar-refractivity contribution < 1.29 is 36.0 Å². The number of alkyl halides is 3. The highest BCUT2D eigenvalue weighted by atomic mass is 32.2. The monoisotopic (exact) mass is 460 g/mol. The molecule has 0 saturated carbocycles. The minimum absolute atomic E-state index is 0.00305. The Bertz CT molecular complexity index is 1040. The standard InChI is InChI=1S/C18H19F3N4O5S/c19-18(20,21)10-22-16(27)12-3-1-2-4-13(12)23-17(28)14-5-6-15(26)25(24-14)11-7-8-31(29,30)9-11/h1-4,11H,5-10H2,(H,22,27)(H,23,28)/t11-/m0/s1. The van der Waals surface area contributed by atoms with Gasteiger partial charge in [0.05, 0.1) is 28.8 Å². The highest BCUT2D eigenvalue weighted by Crippen LogP contribution is 2.23. The molecule has 1 aromatic rings. The molecule has 1 fully saturated rings. The number of benzene rings is 1. The zero-order valence-corrected chi connectivity index (χ0v) is 16.9. The first-order valence-corrected chi connectivity index (χ1v) is 11.1. The number of carbonyl (C=O) groups is 3. The van der Waals surface area contributed by atoms with Gasteiger partial charge in [-0.1, -0.05) is 12.1 Å². The number of rotatable bonds is 5. The van der Waals surface area contributed by atoms with E-state index in [0.29, 0.717) is 0 Å². The molecule has 0 aliphatic carbocycles. The quantitative estimate of drug-likeness (QED) is 0.681. The largest absolute Gasteiger partial charge is 0.405 e. The summed E-state index contributed by atoms with van der Waals surface area (Å²) in [5.74, 6) is -2.47. The number of anilines is 1. The molecule has 0 aromatic heterocycles. The average Bonchev–Trinajstić information content (AvgIpc) is 3.05. The molecule has 0 radical (unpaired) electrons. The van der Waals surface area contributed by atoms with Crippen LogP contribution in [0.5, 0.6) is 0 Å². The third-order valence-corrected chi connectivity index (χ3v) is 6.50. The number of hydrazone groups is 1. The molecular formula is C18H19F3N4O5S. The van der Waals surface area contributed by atoms with Crippen LogP contribution in [0.15, 0.2) is 29.4 Å². The fourth-order valence-corrected chi connectivity index (χ4v) is 4.94. The Labute approximate surface area is 175 Å². The zero-order valence-electron chi connectivity index (χ0n) is 16.1. The molecule has 2 aliphatic rings. The number of amides is 3. The summed E-state index contributed by atoms with van der Waals surface area (Å²) in [7, 11) is -3.27. The minimum Gasteiger partial charge on any atom is -0.343 e. The third-order valence-electron chi connectivity index (χ3n) is 4.75. The summed E-state index contributed by atoms with van der Waals surface area (Å²) >= 11 is 0. The Balaban J connectivity index is 1.75. The van der Waals surface area contributed by atoms with Crippen molar-refractivity contribution in [1.82, 2.24) is 10.3 Å². The maximum Gasteiger partial charge on any atom is 0.405 e. The molecule has 0 bridgehead atoms. The summed E-state index contributed by atoms with van der Waals surface area (Å²) in [6.45, 7) is -1.53. The van der Waals surface area contributed by atoms with Crippen molar-refractivity contribution in [2.24, 2.45) is 5.10 Å². The van der Waals surface area contributed by atoms with Gasteiger partial charge in [-0.15, -0.1) is 0 Å². The van der Waals surface area contributed by atoms with Crippen LogP contribution < -0.4 is 10.6 Å². The molecule has 1 aromatic carbocycles. The molecule has 0 unspecified atom stereocenters. The fourth-order valence-electron chi connectivity index (χ4n) is 3.25. The van der Waals surface area contributed by atoms with Crippen LogP contribution >= 0.6 is 0 Å². The maximum atomic E-state index is 12.6. The number of carbonyl (C=O) groups excluding carboxylic acids is 3. The Morgan fingerprint density at radius 2 is 1.87 bits per heavy atom. The second kappa shape index (κ2) is 8.65. The lowest BCUT2D eigenvalue weighted by Crippen LogP contribution is -2.42. The number of para-hydroxylation sites is 1. The van der Waals surface area contributed by atoms with Crippen LogP contribution in [0.4, 0.5) is 18.9 Å². The summed E-state index contributed by atoms with van der Waals surface area (Å²) in [6.07, 6.45) is -4.41. The van der Waals surface area contributed by atoms with E-state index in [0.717, 1.165) is 5.01 Å². The van der Waals surface area contributed by atoms with Gasteiger partial charge in [-0.3, -0.25) is 14.4 Å². The minimum atomic E-state index is -4.59. The van der Waals surface area contributed by atoms with Gasteiger partial charge in [0, 0.05) is 12.8 Å². The first-order valence-electron chi connectivity index (χ1n) is 9.30. The van der Waals surface area contributed by atoms with Crippen LogP contribution in [0.2, 0.25) is 0 Å². The maximum absolute atomic E-state index is 12.6. The normalized spacial score (nSPS) is 20.9. The molecule has 1 atom stereocenters. The highest BCUT2D eigenvalue weighted by Gasteiger charge is 2.37. The van der Waals surface area contributed by atoms with E-state index in [9.17, 15) is 36.0 Å². The first-order chi connectivity index (χ1) is 14.5. The van der Waals surface area contributed by atoms with E-state index >= 15 is 0 Å². The van der Waals surface area contributed by atoms with Gasteiger partial charge in [0.2, 0.25) is 5.91 Å². The predicted octanol–water partition coefficient (Wildman–Crippen LogP) is 1.08. The van der Waals surface area contributed by atoms with E-state index in [1.54, 1.807) is 5.32 Å². The molecule has 2 heterocycles. The molecule has 2 aliphatic heterocycles. The number of hydrogen-bond acceptors (Lipinski definition) is 6. The number of nitrogens with one attached hydrogen (secondary N) is 2. The van der Waals surface area contributed by atoms with Crippen LogP contribution in [-0.2, 0) is 19.4 Å². The van der Waals surface area contributed by atoms with Crippen molar-refractivity contribution in [2.45, 2.75) is 31.5 Å². The molecule has 31 heavy (non-hydrogen) atoms. The van der Waals surface area contributed by atoms with Crippen LogP contribution in [0.25, 0.3) is 0 Å². The van der Waals surface area contributed by atoms with E-state index in [1.165, 1.54) is 24.3 Å². The van der Waals surface area contributed by atoms with Crippen LogP contribution in [0, 0.1) is 0 Å². The topological polar surface area (TPSA) is 125 Å². The van der Waals surface area contributed by atoms with Gasteiger partial charge in [0.25, 0.3) is 11.8 Å². The molecule has 0 spiro atoms.